The largest absolute Gasteiger partial charge is 0.389 e. The van der Waals surface area contributed by atoms with Crippen molar-refractivity contribution in [3.05, 3.63) is 42.2 Å². The van der Waals surface area contributed by atoms with E-state index < -0.39 is 0 Å². The smallest absolute Gasteiger partial charge is 0.106 e. The van der Waals surface area contributed by atoms with E-state index in [2.05, 4.69) is 10.4 Å². The summed E-state index contributed by atoms with van der Waals surface area (Å²) in [5, 5.41) is 7.45. The Morgan fingerprint density at radius 1 is 1.47 bits per heavy atom. The lowest BCUT2D eigenvalue weighted by molar-refractivity contribution is 0.660. The Labute approximate surface area is 105 Å². The summed E-state index contributed by atoms with van der Waals surface area (Å²) in [5.41, 5.74) is 8.33. The summed E-state index contributed by atoms with van der Waals surface area (Å²) in [6.45, 7) is 2.89. The number of rotatable bonds is 4. The minimum Gasteiger partial charge on any atom is -0.389 e. The van der Waals surface area contributed by atoms with Crippen molar-refractivity contribution in [2.45, 2.75) is 13.5 Å². The van der Waals surface area contributed by atoms with Crippen LogP contribution in [0, 0.1) is 0 Å². The zero-order valence-corrected chi connectivity index (χ0v) is 10.4. The topological polar surface area (TPSA) is 55.9 Å². The second kappa shape index (κ2) is 4.97. The number of anilines is 2. The van der Waals surface area contributed by atoms with Gasteiger partial charge in [-0.3, -0.25) is 4.68 Å². The molecule has 0 radical (unpaired) electrons. The third-order valence-electron chi connectivity index (χ3n) is 2.43. The molecule has 17 heavy (non-hydrogen) atoms. The van der Waals surface area contributed by atoms with E-state index in [1.165, 1.54) is 0 Å². The summed E-state index contributed by atoms with van der Waals surface area (Å²) >= 11 is 5.01. The SMILES string of the molecule is CCn1cc(Nc2ccccc2C(N)=S)cn1. The molecule has 0 atom stereocenters. The molecule has 0 saturated heterocycles. The van der Waals surface area contributed by atoms with Crippen LogP contribution in [0.3, 0.4) is 0 Å². The maximum atomic E-state index is 5.67. The molecular weight excluding hydrogens is 232 g/mol. The average Bonchev–Trinajstić information content (AvgIpc) is 2.77. The fourth-order valence-corrected chi connectivity index (χ4v) is 1.74. The number of aryl methyl sites for hydroxylation is 1. The van der Waals surface area contributed by atoms with Crippen molar-refractivity contribution in [1.29, 1.82) is 0 Å². The van der Waals surface area contributed by atoms with Gasteiger partial charge >= 0.3 is 0 Å². The van der Waals surface area contributed by atoms with Gasteiger partial charge in [-0.1, -0.05) is 24.4 Å². The molecule has 0 saturated carbocycles. The number of aromatic nitrogens is 2. The Morgan fingerprint density at radius 2 is 2.24 bits per heavy atom. The quantitative estimate of drug-likeness (QED) is 0.813. The van der Waals surface area contributed by atoms with Gasteiger partial charge in [0.15, 0.2) is 0 Å². The van der Waals surface area contributed by atoms with Gasteiger partial charge in [-0.2, -0.15) is 5.10 Å². The van der Waals surface area contributed by atoms with Crippen LogP contribution in [0.15, 0.2) is 36.7 Å². The predicted molar refractivity (Wildman–Crippen MR) is 73.5 cm³/mol. The van der Waals surface area contributed by atoms with Crippen LogP contribution in [0.25, 0.3) is 0 Å². The molecule has 0 aliphatic heterocycles. The third kappa shape index (κ3) is 2.62. The molecule has 0 aliphatic rings. The van der Waals surface area contributed by atoms with Gasteiger partial charge in [-0.05, 0) is 19.1 Å². The van der Waals surface area contributed by atoms with E-state index in [9.17, 15) is 0 Å². The summed E-state index contributed by atoms with van der Waals surface area (Å²) in [5.74, 6) is 0. The third-order valence-corrected chi connectivity index (χ3v) is 2.65. The lowest BCUT2D eigenvalue weighted by atomic mass is 10.2. The van der Waals surface area contributed by atoms with Crippen LogP contribution >= 0.6 is 12.2 Å². The molecule has 4 nitrogen and oxygen atoms in total. The molecule has 0 unspecified atom stereocenters. The lowest BCUT2D eigenvalue weighted by Gasteiger charge is -2.08. The van der Waals surface area contributed by atoms with Crippen LogP contribution < -0.4 is 11.1 Å². The second-order valence-corrected chi connectivity index (χ2v) is 4.06. The number of thiocarbonyl (C=S) groups is 1. The number of nitrogens with one attached hydrogen (secondary N) is 1. The monoisotopic (exact) mass is 246 g/mol. The Hall–Kier alpha value is -1.88. The fraction of sp³-hybridized carbons (Fsp3) is 0.167. The minimum atomic E-state index is 0.385. The van der Waals surface area contributed by atoms with Gasteiger partial charge in [0, 0.05) is 24.0 Å². The van der Waals surface area contributed by atoms with Gasteiger partial charge in [0.05, 0.1) is 11.9 Å². The number of benzene rings is 1. The first kappa shape index (κ1) is 11.6. The summed E-state index contributed by atoms with van der Waals surface area (Å²) in [7, 11) is 0. The first-order chi connectivity index (χ1) is 8.20. The predicted octanol–water partition coefficient (Wildman–Crippen LogP) is 2.28. The summed E-state index contributed by atoms with van der Waals surface area (Å²) < 4.78 is 1.85. The number of nitrogens with zero attached hydrogens (tertiary/aromatic N) is 2. The van der Waals surface area contributed by atoms with Crippen molar-refractivity contribution in [2.24, 2.45) is 5.73 Å². The van der Waals surface area contributed by atoms with Crippen molar-refractivity contribution < 1.29 is 0 Å². The van der Waals surface area contributed by atoms with Crippen LogP contribution in [0.2, 0.25) is 0 Å². The van der Waals surface area contributed by atoms with Crippen LogP contribution in [0.5, 0.6) is 0 Å². The minimum absolute atomic E-state index is 0.385. The van der Waals surface area contributed by atoms with E-state index in [0.29, 0.717) is 4.99 Å². The Morgan fingerprint density at radius 3 is 2.88 bits per heavy atom. The maximum absolute atomic E-state index is 5.67. The van der Waals surface area contributed by atoms with Crippen molar-refractivity contribution in [2.75, 3.05) is 5.32 Å². The molecule has 1 aromatic carbocycles. The zero-order valence-electron chi connectivity index (χ0n) is 9.55. The van der Waals surface area contributed by atoms with E-state index in [0.717, 1.165) is 23.5 Å². The molecule has 1 heterocycles. The average molecular weight is 246 g/mol. The molecule has 3 N–H and O–H groups in total. The van der Waals surface area contributed by atoms with Crippen molar-refractivity contribution in [3.8, 4) is 0 Å². The molecule has 5 heteroatoms. The van der Waals surface area contributed by atoms with Crippen LogP contribution in [-0.4, -0.2) is 14.8 Å². The van der Waals surface area contributed by atoms with Gasteiger partial charge in [0.2, 0.25) is 0 Å². The van der Waals surface area contributed by atoms with E-state index in [1.54, 1.807) is 6.20 Å². The first-order valence-electron chi connectivity index (χ1n) is 5.39. The normalized spacial score (nSPS) is 10.2. The molecule has 0 fully saturated rings. The first-order valence-corrected chi connectivity index (χ1v) is 5.80. The fourth-order valence-electron chi connectivity index (χ4n) is 1.56. The molecule has 0 bridgehead atoms. The van der Waals surface area contributed by atoms with E-state index in [4.69, 9.17) is 18.0 Å². The highest BCUT2D eigenvalue weighted by Crippen LogP contribution is 2.20. The molecule has 0 spiro atoms. The van der Waals surface area contributed by atoms with Crippen molar-refractivity contribution in [3.63, 3.8) is 0 Å². The molecule has 2 aromatic rings. The van der Waals surface area contributed by atoms with Gasteiger partial charge in [0.25, 0.3) is 0 Å². The van der Waals surface area contributed by atoms with Crippen LogP contribution in [0.4, 0.5) is 11.4 Å². The standard InChI is InChI=1S/C12H14N4S/c1-2-16-8-9(7-14-16)15-11-6-4-3-5-10(11)12(13)17/h3-8,15H,2H2,1H3,(H2,13,17). The van der Waals surface area contributed by atoms with Crippen LogP contribution in [-0.2, 0) is 6.54 Å². The van der Waals surface area contributed by atoms with Gasteiger partial charge in [0.1, 0.15) is 4.99 Å². The maximum Gasteiger partial charge on any atom is 0.106 e. The van der Waals surface area contributed by atoms with E-state index >= 15 is 0 Å². The summed E-state index contributed by atoms with van der Waals surface area (Å²) in [6, 6.07) is 7.69. The number of hydrogen-bond acceptors (Lipinski definition) is 3. The number of para-hydroxylation sites is 1. The number of nitrogens with two attached hydrogens (primary N) is 1. The molecule has 88 valence electrons. The van der Waals surface area contributed by atoms with E-state index in [-0.39, 0.29) is 0 Å². The Kier molecular flexibility index (Phi) is 3.39. The second-order valence-electron chi connectivity index (χ2n) is 3.62. The van der Waals surface area contributed by atoms with Gasteiger partial charge in [-0.25, -0.2) is 0 Å². The number of hydrogen-bond donors (Lipinski definition) is 2. The van der Waals surface area contributed by atoms with E-state index in [1.807, 2.05) is 42.1 Å². The highest BCUT2D eigenvalue weighted by molar-refractivity contribution is 7.80. The summed E-state index contributed by atoms with van der Waals surface area (Å²) in [4.78, 5) is 0.385. The molecule has 0 aliphatic carbocycles. The molecule has 2 rings (SSSR count). The lowest BCUT2D eigenvalue weighted by Crippen LogP contribution is -2.11. The van der Waals surface area contributed by atoms with Crippen molar-refractivity contribution >= 4 is 28.6 Å². The Balaban J connectivity index is 2.26. The molecule has 0 amide bonds. The Bertz CT molecular complexity index is 533. The zero-order chi connectivity index (χ0) is 12.3. The molecular formula is C12H14N4S. The van der Waals surface area contributed by atoms with Crippen molar-refractivity contribution in [1.82, 2.24) is 9.78 Å². The van der Waals surface area contributed by atoms with Gasteiger partial charge in [-0.15, -0.1) is 0 Å². The highest BCUT2D eigenvalue weighted by Gasteiger charge is 2.05. The molecule has 1 aromatic heterocycles. The summed E-state index contributed by atoms with van der Waals surface area (Å²) in [6.07, 6.45) is 3.72. The van der Waals surface area contributed by atoms with Crippen LogP contribution in [0.1, 0.15) is 12.5 Å². The highest BCUT2D eigenvalue weighted by atomic mass is 32.1. The van der Waals surface area contributed by atoms with Gasteiger partial charge < -0.3 is 11.1 Å².